The van der Waals surface area contributed by atoms with E-state index >= 15 is 0 Å². The van der Waals surface area contributed by atoms with Gasteiger partial charge in [-0.15, -0.1) is 0 Å². The molecule has 1 aromatic carbocycles. The Bertz CT molecular complexity index is 384. The fourth-order valence-corrected chi connectivity index (χ4v) is 3.03. The van der Waals surface area contributed by atoms with Crippen LogP contribution in [-0.2, 0) is 6.42 Å². The van der Waals surface area contributed by atoms with Gasteiger partial charge in [-0.2, -0.15) is 13.2 Å². The van der Waals surface area contributed by atoms with Crippen LogP contribution in [0.3, 0.4) is 0 Å². The van der Waals surface area contributed by atoms with Crippen LogP contribution in [0.1, 0.15) is 12.0 Å². The van der Waals surface area contributed by atoms with Crippen molar-refractivity contribution >= 4 is 27.7 Å². The molecule has 0 bridgehead atoms. The van der Waals surface area contributed by atoms with Gasteiger partial charge in [-0.3, -0.25) is 0 Å². The Hall–Kier alpha value is -0.200. The number of nitrogens with one attached hydrogen (secondary N) is 1. The van der Waals surface area contributed by atoms with Crippen LogP contribution in [0.25, 0.3) is 0 Å². The molecule has 0 saturated heterocycles. The van der Waals surface area contributed by atoms with E-state index in [4.69, 9.17) is 0 Å². The Morgan fingerprint density at radius 3 is 2.68 bits per heavy atom. The SMILES string of the molecule is CNCC(CCSC(F)(F)F)Cc1cccc(Br)c1. The number of thioether (sulfide) groups is 1. The normalized spacial score (nSPS) is 13.5. The van der Waals surface area contributed by atoms with Gasteiger partial charge < -0.3 is 5.32 Å². The van der Waals surface area contributed by atoms with Gasteiger partial charge in [-0.1, -0.05) is 39.8 Å². The second-order valence-electron chi connectivity index (χ2n) is 4.34. The predicted molar refractivity (Wildman–Crippen MR) is 78.4 cm³/mol. The molecular formula is C13H17BrF3NS. The fourth-order valence-electron chi connectivity index (χ4n) is 1.90. The first-order valence-corrected chi connectivity index (χ1v) is 7.78. The summed E-state index contributed by atoms with van der Waals surface area (Å²) >= 11 is 3.47. The van der Waals surface area contributed by atoms with E-state index in [2.05, 4.69) is 21.2 Å². The second-order valence-corrected chi connectivity index (χ2v) is 6.42. The molecule has 0 spiro atoms. The van der Waals surface area contributed by atoms with Gasteiger partial charge in [0.05, 0.1) is 0 Å². The van der Waals surface area contributed by atoms with Crippen LogP contribution in [0.4, 0.5) is 13.2 Å². The molecule has 19 heavy (non-hydrogen) atoms. The van der Waals surface area contributed by atoms with E-state index in [1.165, 1.54) is 0 Å². The third kappa shape index (κ3) is 7.84. The van der Waals surface area contributed by atoms with Crippen LogP contribution in [0.15, 0.2) is 28.7 Å². The number of alkyl halides is 3. The van der Waals surface area contributed by atoms with Gasteiger partial charge in [0.1, 0.15) is 0 Å². The van der Waals surface area contributed by atoms with Gasteiger partial charge in [0.15, 0.2) is 0 Å². The average Bonchev–Trinajstić information content (AvgIpc) is 2.27. The van der Waals surface area contributed by atoms with E-state index in [9.17, 15) is 13.2 Å². The molecule has 1 aromatic rings. The maximum Gasteiger partial charge on any atom is 0.441 e. The number of rotatable bonds is 7. The van der Waals surface area contributed by atoms with E-state index < -0.39 is 5.51 Å². The third-order valence-corrected chi connectivity index (χ3v) is 3.96. The van der Waals surface area contributed by atoms with Crippen molar-refractivity contribution in [2.75, 3.05) is 19.3 Å². The molecule has 1 atom stereocenters. The summed E-state index contributed by atoms with van der Waals surface area (Å²) in [5.41, 5.74) is -2.98. The fraction of sp³-hybridized carbons (Fsp3) is 0.538. The summed E-state index contributed by atoms with van der Waals surface area (Å²) in [4.78, 5) is 0. The van der Waals surface area contributed by atoms with Gasteiger partial charge in [-0.05, 0) is 50.0 Å². The zero-order chi connectivity index (χ0) is 14.3. The van der Waals surface area contributed by atoms with Crippen molar-refractivity contribution in [3.8, 4) is 0 Å². The van der Waals surface area contributed by atoms with E-state index in [0.717, 1.165) is 23.0 Å². The summed E-state index contributed by atoms with van der Waals surface area (Å²) in [5, 5.41) is 3.05. The minimum atomic E-state index is -4.13. The average molecular weight is 356 g/mol. The van der Waals surface area contributed by atoms with Crippen molar-refractivity contribution in [1.29, 1.82) is 0 Å². The summed E-state index contributed by atoms with van der Waals surface area (Å²) < 4.78 is 37.3. The third-order valence-electron chi connectivity index (χ3n) is 2.70. The largest absolute Gasteiger partial charge is 0.441 e. The minimum Gasteiger partial charge on any atom is -0.319 e. The Labute approximate surface area is 124 Å². The Morgan fingerprint density at radius 2 is 2.11 bits per heavy atom. The number of hydrogen-bond donors (Lipinski definition) is 1. The van der Waals surface area contributed by atoms with E-state index in [1.54, 1.807) is 0 Å². The van der Waals surface area contributed by atoms with Crippen LogP contribution < -0.4 is 5.32 Å². The molecule has 0 aromatic heterocycles. The van der Waals surface area contributed by atoms with Crippen molar-refractivity contribution in [3.63, 3.8) is 0 Å². The van der Waals surface area contributed by atoms with Crippen LogP contribution in [-0.4, -0.2) is 24.9 Å². The summed E-state index contributed by atoms with van der Waals surface area (Å²) in [6.07, 6.45) is 1.34. The molecular weight excluding hydrogens is 339 g/mol. The van der Waals surface area contributed by atoms with Gasteiger partial charge in [-0.25, -0.2) is 0 Å². The van der Waals surface area contributed by atoms with Crippen molar-refractivity contribution in [1.82, 2.24) is 5.32 Å². The molecule has 1 nitrogen and oxygen atoms in total. The lowest BCUT2D eigenvalue weighted by atomic mass is 9.97. The van der Waals surface area contributed by atoms with Crippen LogP contribution in [0, 0.1) is 5.92 Å². The Kier molecular flexibility index (Phi) is 7.25. The summed E-state index contributed by atoms with van der Waals surface area (Å²) in [6, 6.07) is 7.90. The van der Waals surface area contributed by atoms with E-state index in [0.29, 0.717) is 6.42 Å². The van der Waals surface area contributed by atoms with Crippen LogP contribution >= 0.6 is 27.7 Å². The molecule has 108 valence electrons. The molecule has 0 fully saturated rings. The summed E-state index contributed by atoms with van der Waals surface area (Å²) in [5.74, 6) is 0.332. The van der Waals surface area contributed by atoms with Crippen molar-refractivity contribution in [2.45, 2.75) is 18.3 Å². The number of benzene rings is 1. The van der Waals surface area contributed by atoms with E-state index in [-0.39, 0.29) is 23.4 Å². The summed E-state index contributed by atoms with van der Waals surface area (Å²) in [7, 11) is 1.82. The highest BCUT2D eigenvalue weighted by atomic mass is 79.9. The van der Waals surface area contributed by atoms with Gasteiger partial charge in [0, 0.05) is 10.2 Å². The first-order chi connectivity index (χ1) is 8.90. The lowest BCUT2D eigenvalue weighted by molar-refractivity contribution is -0.0328. The lowest BCUT2D eigenvalue weighted by Crippen LogP contribution is -2.22. The predicted octanol–water partition coefficient (Wildman–Crippen LogP) is 4.47. The van der Waals surface area contributed by atoms with Crippen LogP contribution in [0.2, 0.25) is 0 Å². The molecule has 0 radical (unpaired) electrons. The monoisotopic (exact) mass is 355 g/mol. The van der Waals surface area contributed by atoms with Crippen molar-refractivity contribution in [2.24, 2.45) is 5.92 Å². The zero-order valence-corrected chi connectivity index (χ0v) is 13.0. The van der Waals surface area contributed by atoms with Crippen LogP contribution in [0.5, 0.6) is 0 Å². The molecule has 1 unspecified atom stereocenters. The molecule has 0 aliphatic rings. The highest BCUT2D eigenvalue weighted by molar-refractivity contribution is 9.10. The number of halogens is 4. The van der Waals surface area contributed by atoms with Crippen molar-refractivity contribution in [3.05, 3.63) is 34.3 Å². The van der Waals surface area contributed by atoms with Gasteiger partial charge in [0.25, 0.3) is 0 Å². The highest BCUT2D eigenvalue weighted by Crippen LogP contribution is 2.31. The Balaban J connectivity index is 2.48. The van der Waals surface area contributed by atoms with E-state index in [1.807, 2.05) is 31.3 Å². The van der Waals surface area contributed by atoms with Gasteiger partial charge in [0.2, 0.25) is 0 Å². The molecule has 0 amide bonds. The first-order valence-electron chi connectivity index (χ1n) is 6.00. The molecule has 0 aliphatic heterocycles. The Morgan fingerprint density at radius 1 is 1.37 bits per heavy atom. The molecule has 0 saturated carbocycles. The quantitative estimate of drug-likeness (QED) is 0.774. The first kappa shape index (κ1) is 16.9. The molecule has 0 heterocycles. The molecule has 0 aliphatic carbocycles. The van der Waals surface area contributed by atoms with Crippen molar-refractivity contribution < 1.29 is 13.2 Å². The number of hydrogen-bond acceptors (Lipinski definition) is 2. The van der Waals surface area contributed by atoms with Gasteiger partial charge >= 0.3 is 5.51 Å². The maximum absolute atomic E-state index is 12.1. The standard InChI is InChI=1S/C13H17BrF3NS/c1-18-9-11(5-6-19-13(15,16)17)7-10-3-2-4-12(14)8-10/h2-4,8,11,18H,5-7,9H2,1H3. The summed E-state index contributed by atoms with van der Waals surface area (Å²) in [6.45, 7) is 0.727. The smallest absolute Gasteiger partial charge is 0.319 e. The highest BCUT2D eigenvalue weighted by Gasteiger charge is 2.28. The molecule has 1 rings (SSSR count). The maximum atomic E-state index is 12.1. The second kappa shape index (κ2) is 8.17. The topological polar surface area (TPSA) is 12.0 Å². The lowest BCUT2D eigenvalue weighted by Gasteiger charge is -2.17. The molecule has 1 N–H and O–H groups in total. The zero-order valence-electron chi connectivity index (χ0n) is 10.6. The minimum absolute atomic E-state index is 0.0644. The molecule has 6 heteroatoms.